The molecule has 166 valence electrons. The van der Waals surface area contributed by atoms with E-state index in [9.17, 15) is 9.65 Å². The molecule has 4 rings (SSSR count). The molecule has 1 aliphatic heterocycles. The first kappa shape index (κ1) is 22.0. The second-order valence-electron chi connectivity index (χ2n) is 9.56. The van der Waals surface area contributed by atoms with E-state index in [4.69, 9.17) is 4.98 Å². The van der Waals surface area contributed by atoms with Gasteiger partial charge >= 0.3 is 0 Å². The lowest BCUT2D eigenvalue weighted by Crippen LogP contribution is -2.49. The van der Waals surface area contributed by atoms with Crippen LogP contribution in [0.1, 0.15) is 44.7 Å². The number of pyridine rings is 1. The lowest BCUT2D eigenvalue weighted by Gasteiger charge is -2.38. The van der Waals surface area contributed by atoms with E-state index >= 15 is 0 Å². The van der Waals surface area contributed by atoms with Crippen LogP contribution in [0.25, 0.3) is 10.9 Å². The third-order valence-electron chi connectivity index (χ3n) is 5.85. The molecule has 0 spiro atoms. The standard InChI is InChI=1S/C26H30FN5/c1-17-15-19(9-10-22(17)27)29-25-21(16-28)24(20-7-5-6-8-23(20)30-25)32-13-11-18(12-14-32)31-26(2,3)4/h5-10,15,18,31H,11-14H2,1-4H3,(H,29,30). The van der Waals surface area contributed by atoms with Crippen LogP contribution in [-0.2, 0) is 0 Å². The molecule has 2 heterocycles. The highest BCUT2D eigenvalue weighted by atomic mass is 19.1. The predicted octanol–water partition coefficient (Wildman–Crippen LogP) is 5.65. The van der Waals surface area contributed by atoms with Gasteiger partial charge in [-0.2, -0.15) is 5.26 Å². The van der Waals surface area contributed by atoms with E-state index < -0.39 is 0 Å². The summed E-state index contributed by atoms with van der Waals surface area (Å²) in [5.41, 5.74) is 3.61. The second kappa shape index (κ2) is 8.76. The first-order chi connectivity index (χ1) is 15.2. The van der Waals surface area contributed by atoms with Gasteiger partial charge in [0.05, 0.1) is 11.2 Å². The van der Waals surface area contributed by atoms with Gasteiger partial charge in [-0.15, -0.1) is 0 Å². The Bertz CT molecular complexity index is 1170. The summed E-state index contributed by atoms with van der Waals surface area (Å²) in [5.74, 6) is 0.247. The van der Waals surface area contributed by atoms with Crippen LogP contribution in [0.3, 0.4) is 0 Å². The van der Waals surface area contributed by atoms with Crippen molar-refractivity contribution in [3.8, 4) is 6.07 Å². The Hall–Kier alpha value is -3.17. The minimum absolute atomic E-state index is 0.0817. The van der Waals surface area contributed by atoms with Crippen LogP contribution in [-0.4, -0.2) is 29.7 Å². The number of anilines is 3. The summed E-state index contributed by atoms with van der Waals surface area (Å²) in [5, 5.41) is 18.1. The average Bonchev–Trinajstić information content (AvgIpc) is 2.75. The normalized spacial score (nSPS) is 15.1. The van der Waals surface area contributed by atoms with Crippen LogP contribution in [0.2, 0.25) is 0 Å². The van der Waals surface area contributed by atoms with Gasteiger partial charge in [-0.3, -0.25) is 0 Å². The number of fused-ring (bicyclic) bond motifs is 1. The molecule has 6 heteroatoms. The van der Waals surface area contributed by atoms with E-state index in [0.717, 1.165) is 42.5 Å². The molecule has 0 atom stereocenters. The van der Waals surface area contributed by atoms with Crippen LogP contribution in [0, 0.1) is 24.1 Å². The molecular weight excluding hydrogens is 401 g/mol. The number of halogens is 1. The maximum absolute atomic E-state index is 13.7. The number of rotatable bonds is 4. The summed E-state index contributed by atoms with van der Waals surface area (Å²) in [6, 6.07) is 15.6. The number of nitrogens with zero attached hydrogens (tertiary/aromatic N) is 3. The summed E-state index contributed by atoms with van der Waals surface area (Å²) in [4.78, 5) is 7.06. The Morgan fingerprint density at radius 3 is 2.50 bits per heavy atom. The number of hydrogen-bond donors (Lipinski definition) is 2. The van der Waals surface area contributed by atoms with Crippen LogP contribution >= 0.6 is 0 Å². The maximum atomic E-state index is 13.7. The molecule has 32 heavy (non-hydrogen) atoms. The molecule has 0 radical (unpaired) electrons. The van der Waals surface area contributed by atoms with Gasteiger partial charge < -0.3 is 15.5 Å². The van der Waals surface area contributed by atoms with Crippen molar-refractivity contribution in [2.45, 2.75) is 52.1 Å². The number of para-hydroxylation sites is 1. The zero-order valence-electron chi connectivity index (χ0n) is 19.2. The Morgan fingerprint density at radius 2 is 1.84 bits per heavy atom. The van der Waals surface area contributed by atoms with Crippen molar-refractivity contribution in [3.63, 3.8) is 0 Å². The number of hydrogen-bond acceptors (Lipinski definition) is 5. The van der Waals surface area contributed by atoms with E-state index in [1.165, 1.54) is 6.07 Å². The minimum atomic E-state index is -0.255. The van der Waals surface area contributed by atoms with Gasteiger partial charge in [0.25, 0.3) is 0 Å². The molecule has 1 aliphatic rings. The highest BCUT2D eigenvalue weighted by Crippen LogP contribution is 2.36. The van der Waals surface area contributed by atoms with Crippen LogP contribution in [0.4, 0.5) is 21.6 Å². The molecule has 0 bridgehead atoms. The maximum Gasteiger partial charge on any atom is 0.151 e. The molecule has 0 unspecified atom stereocenters. The molecule has 0 saturated carbocycles. The molecule has 1 fully saturated rings. The monoisotopic (exact) mass is 431 g/mol. The largest absolute Gasteiger partial charge is 0.370 e. The number of benzene rings is 2. The SMILES string of the molecule is Cc1cc(Nc2nc3ccccc3c(N3CCC(NC(C)(C)C)CC3)c2C#N)ccc1F. The van der Waals surface area contributed by atoms with Gasteiger partial charge in [-0.1, -0.05) is 18.2 Å². The minimum Gasteiger partial charge on any atom is -0.370 e. The molecule has 2 N–H and O–H groups in total. The van der Waals surface area contributed by atoms with E-state index in [0.29, 0.717) is 28.7 Å². The predicted molar refractivity (Wildman–Crippen MR) is 129 cm³/mol. The van der Waals surface area contributed by atoms with Crippen LogP contribution < -0.4 is 15.5 Å². The highest BCUT2D eigenvalue weighted by Gasteiger charge is 2.27. The third kappa shape index (κ3) is 4.68. The molecule has 0 amide bonds. The van der Waals surface area contributed by atoms with Crippen LogP contribution in [0.15, 0.2) is 42.5 Å². The summed E-state index contributed by atoms with van der Waals surface area (Å²) >= 11 is 0. The number of aryl methyl sites for hydroxylation is 1. The van der Waals surface area contributed by atoms with Crippen molar-refractivity contribution < 1.29 is 4.39 Å². The fraction of sp³-hybridized carbons (Fsp3) is 0.385. The highest BCUT2D eigenvalue weighted by molar-refractivity contribution is 5.98. The average molecular weight is 432 g/mol. The van der Waals surface area contributed by atoms with Crippen molar-refractivity contribution in [2.75, 3.05) is 23.3 Å². The lowest BCUT2D eigenvalue weighted by atomic mass is 9.98. The van der Waals surface area contributed by atoms with Gasteiger partial charge in [0.1, 0.15) is 17.4 Å². The van der Waals surface area contributed by atoms with Gasteiger partial charge in [0.15, 0.2) is 5.82 Å². The quantitative estimate of drug-likeness (QED) is 0.558. The molecule has 3 aromatic rings. The Kier molecular flexibility index (Phi) is 6.03. The van der Waals surface area contributed by atoms with Crippen molar-refractivity contribution >= 4 is 28.1 Å². The Morgan fingerprint density at radius 1 is 1.12 bits per heavy atom. The lowest BCUT2D eigenvalue weighted by molar-refractivity contribution is 0.317. The molecule has 5 nitrogen and oxygen atoms in total. The topological polar surface area (TPSA) is 64.0 Å². The van der Waals surface area contributed by atoms with E-state index in [1.807, 2.05) is 24.3 Å². The van der Waals surface area contributed by atoms with Gasteiger partial charge in [0, 0.05) is 35.7 Å². The third-order valence-corrected chi connectivity index (χ3v) is 5.85. The Balaban J connectivity index is 1.72. The smallest absolute Gasteiger partial charge is 0.151 e. The summed E-state index contributed by atoms with van der Waals surface area (Å²) in [6.45, 7) is 10.0. The number of aromatic nitrogens is 1. The zero-order valence-corrected chi connectivity index (χ0v) is 19.2. The molecule has 2 aromatic carbocycles. The number of piperidine rings is 1. The van der Waals surface area contributed by atoms with Gasteiger partial charge in [0.2, 0.25) is 0 Å². The van der Waals surface area contributed by atoms with E-state index in [2.05, 4.69) is 42.4 Å². The first-order valence-corrected chi connectivity index (χ1v) is 11.1. The van der Waals surface area contributed by atoms with Crippen molar-refractivity contribution in [1.82, 2.24) is 10.3 Å². The number of nitriles is 1. The summed E-state index contributed by atoms with van der Waals surface area (Å²) < 4.78 is 13.7. The van der Waals surface area contributed by atoms with E-state index in [1.54, 1.807) is 19.1 Å². The van der Waals surface area contributed by atoms with Crippen molar-refractivity contribution in [3.05, 3.63) is 59.4 Å². The van der Waals surface area contributed by atoms with Crippen molar-refractivity contribution in [2.24, 2.45) is 0 Å². The Labute approximate surface area is 189 Å². The summed E-state index contributed by atoms with van der Waals surface area (Å²) in [7, 11) is 0. The first-order valence-electron chi connectivity index (χ1n) is 11.1. The van der Waals surface area contributed by atoms with Gasteiger partial charge in [-0.25, -0.2) is 9.37 Å². The fourth-order valence-corrected chi connectivity index (χ4v) is 4.44. The number of nitrogens with one attached hydrogen (secondary N) is 2. The molecule has 1 saturated heterocycles. The van der Waals surface area contributed by atoms with Gasteiger partial charge in [-0.05, 0) is 70.4 Å². The molecule has 0 aliphatic carbocycles. The molecule has 1 aromatic heterocycles. The molecular formula is C26H30FN5. The van der Waals surface area contributed by atoms with Crippen molar-refractivity contribution in [1.29, 1.82) is 5.26 Å². The van der Waals surface area contributed by atoms with Crippen LogP contribution in [0.5, 0.6) is 0 Å². The second-order valence-corrected chi connectivity index (χ2v) is 9.56. The fourth-order valence-electron chi connectivity index (χ4n) is 4.44. The summed E-state index contributed by atoms with van der Waals surface area (Å²) in [6.07, 6.45) is 2.03. The zero-order chi connectivity index (χ0) is 22.9. The van der Waals surface area contributed by atoms with E-state index in [-0.39, 0.29) is 11.4 Å².